The number of hydrogen-bond acceptors (Lipinski definition) is 5. The third-order valence-corrected chi connectivity index (χ3v) is 6.63. The predicted octanol–water partition coefficient (Wildman–Crippen LogP) is 2.21. The average Bonchev–Trinajstić information content (AvgIpc) is 3.24. The number of thioether (sulfide) groups is 1. The zero-order valence-corrected chi connectivity index (χ0v) is 16.1. The second-order valence-electron chi connectivity index (χ2n) is 7.22. The van der Waals surface area contributed by atoms with Gasteiger partial charge < -0.3 is 15.0 Å². The van der Waals surface area contributed by atoms with E-state index in [1.165, 1.54) is 11.3 Å². The lowest BCUT2D eigenvalue weighted by molar-refractivity contribution is 0.476. The Kier molecular flexibility index (Phi) is 4.02. The maximum absolute atomic E-state index is 12.9. The Balaban J connectivity index is 1.56. The molecule has 0 bridgehead atoms. The third kappa shape index (κ3) is 2.68. The summed E-state index contributed by atoms with van der Waals surface area (Å²) in [7, 11) is 0. The van der Waals surface area contributed by atoms with Gasteiger partial charge in [-0.2, -0.15) is 0 Å². The Bertz CT molecular complexity index is 1120. The van der Waals surface area contributed by atoms with Gasteiger partial charge in [0.05, 0.1) is 0 Å². The van der Waals surface area contributed by atoms with Gasteiger partial charge in [0, 0.05) is 66.2 Å². The summed E-state index contributed by atoms with van der Waals surface area (Å²) in [6, 6.07) is 5.58. The van der Waals surface area contributed by atoms with E-state index in [0.717, 1.165) is 65.7 Å². The molecule has 2 aliphatic heterocycles. The summed E-state index contributed by atoms with van der Waals surface area (Å²) in [5.41, 5.74) is 5.51. The summed E-state index contributed by atoms with van der Waals surface area (Å²) < 4.78 is 4.15. The predicted molar refractivity (Wildman–Crippen MR) is 107 cm³/mol. The van der Waals surface area contributed by atoms with Crippen LogP contribution >= 0.6 is 11.8 Å². The molecule has 3 aromatic rings. The fourth-order valence-corrected chi connectivity index (χ4v) is 5.33. The highest BCUT2D eigenvalue weighted by Crippen LogP contribution is 2.31. The van der Waals surface area contributed by atoms with Crippen molar-refractivity contribution in [2.45, 2.75) is 44.6 Å². The molecule has 27 heavy (non-hydrogen) atoms. The first-order valence-corrected chi connectivity index (χ1v) is 10.4. The van der Waals surface area contributed by atoms with Crippen LogP contribution in [0.5, 0.6) is 5.75 Å². The van der Waals surface area contributed by atoms with Crippen LogP contribution in [0.2, 0.25) is 0 Å². The van der Waals surface area contributed by atoms with Gasteiger partial charge in [0.1, 0.15) is 5.75 Å². The largest absolute Gasteiger partial charge is 0.508 e. The summed E-state index contributed by atoms with van der Waals surface area (Å²) in [5.74, 6) is 1.22. The van der Waals surface area contributed by atoms with E-state index >= 15 is 0 Å². The van der Waals surface area contributed by atoms with E-state index in [1.54, 1.807) is 17.8 Å². The lowest BCUT2D eigenvalue weighted by Gasteiger charge is -2.17. The molecule has 5 rings (SSSR count). The van der Waals surface area contributed by atoms with Crippen molar-refractivity contribution in [3.05, 3.63) is 51.1 Å². The van der Waals surface area contributed by atoms with Gasteiger partial charge in [-0.3, -0.25) is 9.36 Å². The van der Waals surface area contributed by atoms with Crippen molar-refractivity contribution in [3.63, 3.8) is 0 Å². The number of fused-ring (bicyclic) bond motifs is 4. The van der Waals surface area contributed by atoms with Crippen LogP contribution in [-0.2, 0) is 32.5 Å². The fraction of sp³-hybridized carbons (Fsp3) is 0.400. The summed E-state index contributed by atoms with van der Waals surface area (Å²) in [4.78, 5) is 17.5. The first-order chi connectivity index (χ1) is 13.1. The lowest BCUT2D eigenvalue weighted by Crippen LogP contribution is -2.27. The van der Waals surface area contributed by atoms with Crippen molar-refractivity contribution >= 4 is 22.7 Å². The van der Waals surface area contributed by atoms with Crippen LogP contribution in [0.25, 0.3) is 10.9 Å². The fourth-order valence-electron chi connectivity index (χ4n) is 4.35. The molecular formula is C20H22N4O2S. The molecule has 0 unspecified atom stereocenters. The van der Waals surface area contributed by atoms with Gasteiger partial charge in [0.15, 0.2) is 5.16 Å². The molecule has 0 amide bonds. The zero-order chi connectivity index (χ0) is 18.5. The summed E-state index contributed by atoms with van der Waals surface area (Å²) in [5, 5.41) is 15.3. The zero-order valence-electron chi connectivity index (χ0n) is 15.3. The number of benzene rings is 1. The van der Waals surface area contributed by atoms with Crippen LogP contribution in [0.1, 0.15) is 22.5 Å². The number of phenols is 1. The number of aromatic nitrogens is 3. The molecule has 0 saturated carbocycles. The van der Waals surface area contributed by atoms with Crippen LogP contribution in [-0.4, -0.2) is 31.5 Å². The number of nitrogens with zero attached hydrogens (tertiary/aromatic N) is 3. The molecule has 2 aromatic heterocycles. The lowest BCUT2D eigenvalue weighted by atomic mass is 10.1. The molecular weight excluding hydrogens is 360 g/mol. The van der Waals surface area contributed by atoms with Gasteiger partial charge in [-0.25, -0.2) is 4.98 Å². The normalized spacial score (nSPS) is 15.9. The van der Waals surface area contributed by atoms with Crippen molar-refractivity contribution in [2.75, 3.05) is 12.3 Å². The highest BCUT2D eigenvalue weighted by Gasteiger charge is 2.22. The summed E-state index contributed by atoms with van der Waals surface area (Å²) in [6.45, 7) is 5.23. The van der Waals surface area contributed by atoms with E-state index in [9.17, 15) is 9.90 Å². The molecule has 0 spiro atoms. The number of hydrogen-bond donors (Lipinski definition) is 2. The second-order valence-corrected chi connectivity index (χ2v) is 8.28. The number of rotatable bonds is 3. The molecule has 0 atom stereocenters. The van der Waals surface area contributed by atoms with Crippen molar-refractivity contribution in [2.24, 2.45) is 0 Å². The van der Waals surface area contributed by atoms with Gasteiger partial charge in [-0.15, -0.1) is 0 Å². The molecule has 140 valence electrons. The minimum Gasteiger partial charge on any atom is -0.508 e. The van der Waals surface area contributed by atoms with Crippen LogP contribution in [0.3, 0.4) is 0 Å². The van der Waals surface area contributed by atoms with Crippen molar-refractivity contribution in [1.29, 1.82) is 0 Å². The molecule has 7 heteroatoms. The highest BCUT2D eigenvalue weighted by molar-refractivity contribution is 7.99. The molecule has 6 nitrogen and oxygen atoms in total. The van der Waals surface area contributed by atoms with Gasteiger partial charge in [-0.05, 0) is 37.1 Å². The van der Waals surface area contributed by atoms with E-state index in [-0.39, 0.29) is 5.56 Å². The Hall–Kier alpha value is -2.25. The van der Waals surface area contributed by atoms with E-state index in [1.807, 2.05) is 23.6 Å². The van der Waals surface area contributed by atoms with E-state index in [2.05, 4.69) is 14.9 Å². The van der Waals surface area contributed by atoms with Crippen LogP contribution in [0.4, 0.5) is 0 Å². The van der Waals surface area contributed by atoms with E-state index in [4.69, 9.17) is 0 Å². The van der Waals surface area contributed by atoms with Gasteiger partial charge >= 0.3 is 0 Å². The topological polar surface area (TPSA) is 72.1 Å². The standard InChI is InChI=1S/C20H22N4O2S/c1-12-14(19(26)24-8-9-27-20(24)22-12)5-7-23-17-3-2-13(25)10-15(17)16-11-21-6-4-18(16)23/h2-3,10,21,25H,4-9,11H2,1H3. The first kappa shape index (κ1) is 16.9. The molecule has 0 fully saturated rings. The molecule has 2 N–H and O–H groups in total. The molecule has 0 saturated heterocycles. The maximum Gasteiger partial charge on any atom is 0.257 e. The molecule has 4 heterocycles. The molecule has 1 aromatic carbocycles. The Morgan fingerprint density at radius 2 is 2.26 bits per heavy atom. The summed E-state index contributed by atoms with van der Waals surface area (Å²) in [6.07, 6.45) is 1.63. The van der Waals surface area contributed by atoms with Crippen molar-refractivity contribution in [3.8, 4) is 5.75 Å². The SMILES string of the molecule is Cc1nc2n(c(=O)c1CCn1c3c(c4cc(O)ccc41)CNCC3)CCS2. The van der Waals surface area contributed by atoms with Gasteiger partial charge in [0.2, 0.25) is 0 Å². The highest BCUT2D eigenvalue weighted by atomic mass is 32.2. The quantitative estimate of drug-likeness (QED) is 0.680. The van der Waals surface area contributed by atoms with E-state index in [0.29, 0.717) is 12.2 Å². The Morgan fingerprint density at radius 3 is 3.15 bits per heavy atom. The van der Waals surface area contributed by atoms with Crippen molar-refractivity contribution in [1.82, 2.24) is 19.4 Å². The number of aryl methyl sites for hydroxylation is 2. The monoisotopic (exact) mass is 382 g/mol. The van der Waals surface area contributed by atoms with Gasteiger partial charge in [0.25, 0.3) is 5.56 Å². The minimum absolute atomic E-state index is 0.118. The summed E-state index contributed by atoms with van der Waals surface area (Å²) >= 11 is 1.66. The Labute approximate surface area is 161 Å². The molecule has 0 aliphatic carbocycles. The number of nitrogens with one attached hydrogen (secondary N) is 1. The van der Waals surface area contributed by atoms with Crippen LogP contribution in [0, 0.1) is 6.92 Å². The number of aromatic hydroxyl groups is 1. The van der Waals surface area contributed by atoms with Crippen LogP contribution in [0.15, 0.2) is 28.2 Å². The second kappa shape index (κ2) is 6.42. The maximum atomic E-state index is 12.9. The van der Waals surface area contributed by atoms with Crippen LogP contribution < -0.4 is 10.9 Å². The molecule has 2 aliphatic rings. The first-order valence-electron chi connectivity index (χ1n) is 9.40. The van der Waals surface area contributed by atoms with E-state index < -0.39 is 0 Å². The molecule has 0 radical (unpaired) electrons. The smallest absolute Gasteiger partial charge is 0.257 e. The Morgan fingerprint density at radius 1 is 1.37 bits per heavy atom. The van der Waals surface area contributed by atoms with Gasteiger partial charge in [-0.1, -0.05) is 11.8 Å². The number of phenolic OH excluding ortho intramolecular Hbond substituents is 1. The third-order valence-electron chi connectivity index (χ3n) is 5.68. The minimum atomic E-state index is 0.118. The average molecular weight is 382 g/mol. The van der Waals surface area contributed by atoms with Crippen molar-refractivity contribution < 1.29 is 5.11 Å².